The van der Waals surface area contributed by atoms with Crippen LogP contribution in [-0.4, -0.2) is 62.2 Å². The predicted octanol–water partition coefficient (Wildman–Crippen LogP) is 4.64. The molecule has 0 fully saturated rings. The van der Waals surface area contributed by atoms with E-state index < -0.39 is 5.97 Å². The van der Waals surface area contributed by atoms with E-state index in [1.165, 1.54) is 5.56 Å². The van der Waals surface area contributed by atoms with Gasteiger partial charge < -0.3 is 19.5 Å². The Morgan fingerprint density at radius 3 is 2.13 bits per heavy atom. The molecule has 1 aromatic carbocycles. The Morgan fingerprint density at radius 2 is 1.70 bits per heavy atom. The number of nitriles is 1. The number of ether oxygens (including phenoxy) is 2. The summed E-state index contributed by atoms with van der Waals surface area (Å²) in [4.78, 5) is 11.7. The Labute approximate surface area is 186 Å². The molecule has 0 aromatic heterocycles. The first-order valence-corrected chi connectivity index (χ1v) is 11.0. The third kappa shape index (κ3) is 15.1. The fourth-order valence-electron chi connectivity index (χ4n) is 3.09. The second-order valence-electron chi connectivity index (χ2n) is 9.18. The predicted molar refractivity (Wildman–Crippen MR) is 124 cm³/mol. The molecule has 0 atom stereocenters. The van der Waals surface area contributed by atoms with Crippen molar-refractivity contribution in [2.75, 3.05) is 46.2 Å². The van der Waals surface area contributed by atoms with E-state index >= 15 is 0 Å². The lowest BCUT2D eigenvalue weighted by molar-refractivity contribution is -0.133. The first-order chi connectivity index (χ1) is 13.9. The molecule has 0 spiro atoms. The number of likely N-dealkylation sites (N-methyl/N-ethyl adjacent to an activating group) is 1. The van der Waals surface area contributed by atoms with Crippen molar-refractivity contribution in [3.63, 3.8) is 0 Å². The molecule has 30 heavy (non-hydrogen) atoms. The van der Waals surface area contributed by atoms with Gasteiger partial charge in [0.2, 0.25) is 0 Å². The van der Waals surface area contributed by atoms with Crippen LogP contribution in [0.4, 0.5) is 0 Å². The highest BCUT2D eigenvalue weighted by Gasteiger charge is 2.27. The number of hydrogen-bond acceptors (Lipinski definition) is 6. The van der Waals surface area contributed by atoms with Crippen LogP contribution >= 0.6 is 11.8 Å². The highest BCUT2D eigenvalue weighted by atomic mass is 32.2. The third-order valence-electron chi connectivity index (χ3n) is 4.05. The lowest BCUT2D eigenvalue weighted by atomic mass is 9.72. The summed E-state index contributed by atoms with van der Waals surface area (Å²) in [6.07, 6.45) is 1.15. The zero-order valence-corrected chi connectivity index (χ0v) is 20.3. The van der Waals surface area contributed by atoms with Gasteiger partial charge in [0.1, 0.15) is 23.5 Å². The molecule has 0 saturated heterocycles. The maximum atomic E-state index is 9.59. The van der Waals surface area contributed by atoms with Crippen LogP contribution in [0.25, 0.3) is 0 Å². The van der Waals surface area contributed by atoms with Gasteiger partial charge in [0.25, 0.3) is 0 Å². The topological polar surface area (TPSA) is 82.8 Å². The maximum absolute atomic E-state index is 9.59. The molecule has 0 heterocycles. The van der Waals surface area contributed by atoms with Crippen molar-refractivity contribution in [3.8, 4) is 11.2 Å². The zero-order valence-electron chi connectivity index (χ0n) is 19.5. The van der Waals surface area contributed by atoms with Crippen molar-refractivity contribution in [2.24, 2.45) is 5.41 Å². The summed E-state index contributed by atoms with van der Waals surface area (Å²) >= 11 is 0.722. The Kier molecular flexibility index (Phi) is 13.5. The SMILES string of the molecule is CN(C)CCOCCOc1ccc(C(C)(C)CC(C)(C)C)cc1.N#CSCC(=O)O. The molecule has 1 rings (SSSR count). The molecule has 0 aliphatic carbocycles. The minimum absolute atomic E-state index is 0.128. The van der Waals surface area contributed by atoms with E-state index in [-0.39, 0.29) is 11.2 Å². The number of thioether (sulfide) groups is 1. The standard InChI is InChI=1S/C20H35NO2.C3H3NO2S/c1-19(2,3)16-20(4,5)17-8-10-18(11-9-17)23-15-14-22-13-12-21(6)7;4-2-7-1-3(5)6/h8-11H,12-16H2,1-7H3;1H2,(H,5,6). The summed E-state index contributed by atoms with van der Waals surface area (Å²) in [5, 5.41) is 17.3. The highest BCUT2D eigenvalue weighted by Crippen LogP contribution is 2.36. The van der Waals surface area contributed by atoms with Crippen molar-refractivity contribution in [2.45, 2.75) is 46.5 Å². The molecular weight excluding hydrogens is 400 g/mol. The summed E-state index contributed by atoms with van der Waals surface area (Å²) in [6.45, 7) is 14.4. The molecule has 0 amide bonds. The Bertz CT molecular complexity index is 647. The molecule has 1 N–H and O–H groups in total. The van der Waals surface area contributed by atoms with E-state index in [0.29, 0.717) is 18.6 Å². The molecule has 0 aliphatic heterocycles. The van der Waals surface area contributed by atoms with Crippen LogP contribution in [0.15, 0.2) is 24.3 Å². The summed E-state index contributed by atoms with van der Waals surface area (Å²) in [6, 6.07) is 8.51. The summed E-state index contributed by atoms with van der Waals surface area (Å²) in [7, 11) is 4.09. The first-order valence-electron chi connectivity index (χ1n) is 10.1. The van der Waals surface area contributed by atoms with E-state index in [4.69, 9.17) is 19.8 Å². The van der Waals surface area contributed by atoms with Crippen LogP contribution in [0.3, 0.4) is 0 Å². The first kappa shape index (κ1) is 28.2. The lowest BCUT2D eigenvalue weighted by Gasteiger charge is -2.33. The molecule has 170 valence electrons. The van der Waals surface area contributed by atoms with Crippen molar-refractivity contribution in [1.82, 2.24) is 4.90 Å². The second-order valence-corrected chi connectivity index (χ2v) is 9.94. The van der Waals surface area contributed by atoms with E-state index in [9.17, 15) is 4.79 Å². The monoisotopic (exact) mass is 438 g/mol. The van der Waals surface area contributed by atoms with Gasteiger partial charge in [-0.3, -0.25) is 4.79 Å². The number of benzene rings is 1. The highest BCUT2D eigenvalue weighted by molar-refractivity contribution is 8.04. The van der Waals surface area contributed by atoms with Gasteiger partial charge in [0.15, 0.2) is 0 Å². The molecule has 0 radical (unpaired) electrons. The summed E-state index contributed by atoms with van der Waals surface area (Å²) in [5.74, 6) is -0.167. The van der Waals surface area contributed by atoms with E-state index in [2.05, 4.69) is 63.8 Å². The second kappa shape index (κ2) is 14.3. The van der Waals surface area contributed by atoms with Crippen molar-refractivity contribution in [1.29, 1.82) is 5.26 Å². The van der Waals surface area contributed by atoms with Crippen molar-refractivity contribution < 1.29 is 19.4 Å². The Balaban J connectivity index is 0.00000103. The number of carbonyl (C=O) groups is 1. The fraction of sp³-hybridized carbons (Fsp3) is 0.652. The van der Waals surface area contributed by atoms with Crippen LogP contribution in [0.2, 0.25) is 0 Å². The van der Waals surface area contributed by atoms with Crippen LogP contribution in [-0.2, 0) is 14.9 Å². The number of nitrogens with zero attached hydrogens (tertiary/aromatic N) is 2. The molecule has 0 saturated carbocycles. The summed E-state index contributed by atoms with van der Waals surface area (Å²) in [5.41, 5.74) is 1.86. The quantitative estimate of drug-likeness (QED) is 0.398. The van der Waals surface area contributed by atoms with Gasteiger partial charge in [-0.25, -0.2) is 0 Å². The molecular formula is C23H38N2O4S. The minimum Gasteiger partial charge on any atom is -0.491 e. The molecule has 7 heteroatoms. The number of rotatable bonds is 11. The Hall–Kier alpha value is -1.75. The Morgan fingerprint density at radius 1 is 1.10 bits per heavy atom. The lowest BCUT2D eigenvalue weighted by Crippen LogP contribution is -2.24. The smallest absolute Gasteiger partial charge is 0.314 e. The minimum atomic E-state index is -0.952. The van der Waals surface area contributed by atoms with E-state index in [0.717, 1.165) is 37.1 Å². The molecule has 0 bridgehead atoms. The van der Waals surface area contributed by atoms with Crippen molar-refractivity contribution in [3.05, 3.63) is 29.8 Å². The van der Waals surface area contributed by atoms with Gasteiger partial charge in [-0.15, -0.1) is 0 Å². The molecule has 6 nitrogen and oxygen atoms in total. The number of carboxylic acids is 1. The zero-order chi connectivity index (χ0) is 23.2. The maximum Gasteiger partial charge on any atom is 0.314 e. The number of aliphatic carboxylic acids is 1. The average molecular weight is 439 g/mol. The number of hydrogen-bond donors (Lipinski definition) is 1. The number of thiocyanates is 1. The van der Waals surface area contributed by atoms with Gasteiger partial charge in [-0.05, 0) is 60.8 Å². The van der Waals surface area contributed by atoms with E-state index in [1.807, 2.05) is 14.1 Å². The van der Waals surface area contributed by atoms with Crippen LogP contribution in [0.1, 0.15) is 46.6 Å². The number of carboxylic acid groups (broad SMARTS) is 1. The fourth-order valence-corrected chi connectivity index (χ4v) is 3.28. The van der Waals surface area contributed by atoms with Gasteiger partial charge in [-0.1, -0.05) is 46.8 Å². The normalized spacial score (nSPS) is 11.4. The van der Waals surface area contributed by atoms with Crippen LogP contribution in [0, 0.1) is 16.1 Å². The average Bonchev–Trinajstić information content (AvgIpc) is 2.61. The molecule has 1 aromatic rings. The van der Waals surface area contributed by atoms with E-state index in [1.54, 1.807) is 5.40 Å². The van der Waals surface area contributed by atoms with Crippen molar-refractivity contribution >= 4 is 17.7 Å². The van der Waals surface area contributed by atoms with Crippen LogP contribution in [0.5, 0.6) is 5.75 Å². The molecule has 0 unspecified atom stereocenters. The van der Waals surface area contributed by atoms with Crippen LogP contribution < -0.4 is 4.74 Å². The van der Waals surface area contributed by atoms with Gasteiger partial charge in [0.05, 0.1) is 13.2 Å². The largest absolute Gasteiger partial charge is 0.491 e. The van der Waals surface area contributed by atoms with Gasteiger partial charge in [0, 0.05) is 6.54 Å². The molecule has 0 aliphatic rings. The van der Waals surface area contributed by atoms with Gasteiger partial charge >= 0.3 is 5.97 Å². The van der Waals surface area contributed by atoms with Gasteiger partial charge in [-0.2, -0.15) is 5.26 Å². The summed E-state index contributed by atoms with van der Waals surface area (Å²) < 4.78 is 11.3. The third-order valence-corrected chi connectivity index (χ3v) is 4.57.